The summed E-state index contributed by atoms with van der Waals surface area (Å²) in [6, 6.07) is 8.53. The van der Waals surface area contributed by atoms with Gasteiger partial charge in [-0.2, -0.15) is 50.5 Å². The van der Waals surface area contributed by atoms with E-state index < -0.39 is 107 Å². The number of aryl methyl sites for hydroxylation is 2. The van der Waals surface area contributed by atoms with E-state index in [1.807, 2.05) is 13.2 Å². The van der Waals surface area contributed by atoms with Gasteiger partial charge in [0.1, 0.15) is 11.5 Å². The number of ether oxygens (including phenoxy) is 8. The van der Waals surface area contributed by atoms with Gasteiger partial charge < -0.3 is 59.3 Å². The molecular formula is C62H95N9O29S6. The van der Waals surface area contributed by atoms with Crippen LogP contribution < -0.4 is 64.8 Å². The molecule has 0 bridgehead atoms. The molecule has 0 aliphatic carbocycles. The molecule has 5 rings (SSSR count). The van der Waals surface area contributed by atoms with E-state index in [9.17, 15) is 92.2 Å². The summed E-state index contributed by atoms with van der Waals surface area (Å²) in [6.45, 7) is 2.09. The zero-order valence-corrected chi connectivity index (χ0v) is 63.6. The second kappa shape index (κ2) is 44.1. The molecule has 4 aromatic rings. The van der Waals surface area contributed by atoms with Crippen molar-refractivity contribution in [3.05, 3.63) is 82.4 Å². The van der Waals surface area contributed by atoms with E-state index in [4.69, 9.17) is 37.9 Å². The molecule has 1 aliphatic rings. The predicted molar refractivity (Wildman–Crippen MR) is 384 cm³/mol. The van der Waals surface area contributed by atoms with Crippen LogP contribution in [-0.2, 0) is 80.1 Å². The van der Waals surface area contributed by atoms with Crippen molar-refractivity contribution in [2.24, 2.45) is 0 Å². The maximum absolute atomic E-state index is 13.6. The number of aromatic nitrogens is 3. The van der Waals surface area contributed by atoms with Crippen molar-refractivity contribution in [1.82, 2.24) is 46.9 Å². The zero-order chi connectivity index (χ0) is 78.0. The number of amides is 2. The fourth-order valence-corrected chi connectivity index (χ4v) is 12.8. The highest BCUT2D eigenvalue weighted by Gasteiger charge is 2.24. The Labute approximate surface area is 617 Å². The summed E-state index contributed by atoms with van der Waals surface area (Å²) < 4.78 is 240. The molecule has 44 heteroatoms. The van der Waals surface area contributed by atoms with Crippen LogP contribution in [0.2, 0.25) is 0 Å². The number of ketones is 1. The van der Waals surface area contributed by atoms with Gasteiger partial charge in [-0.15, -0.1) is 10.6 Å². The van der Waals surface area contributed by atoms with E-state index in [0.29, 0.717) is 107 Å². The number of carbonyl (C=O) groups is 3. The molecule has 11 N–H and O–H groups in total. The van der Waals surface area contributed by atoms with Crippen molar-refractivity contribution in [2.75, 3.05) is 121 Å². The molecule has 1 aliphatic heterocycles. The van der Waals surface area contributed by atoms with Crippen LogP contribution in [0.25, 0.3) is 0 Å². The van der Waals surface area contributed by atoms with Crippen molar-refractivity contribution < 1.29 is 130 Å². The Morgan fingerprint density at radius 3 is 1.17 bits per heavy atom. The number of nitrogens with one attached hydrogen (secondary N) is 5. The molecule has 1 aromatic heterocycles. The number of Topliss-reactive ketones (excluding diaryl/α,β-unsaturated/α-hetero) is 1. The van der Waals surface area contributed by atoms with E-state index >= 15 is 0 Å². The van der Waals surface area contributed by atoms with Gasteiger partial charge >= 0.3 is 0 Å². The number of hydrogen-bond acceptors (Lipinski definition) is 29. The molecule has 38 nitrogen and oxygen atoms in total. The topological polar surface area (TPSA) is 545 Å². The monoisotopic (exact) mass is 1620 g/mol. The molecule has 106 heavy (non-hydrogen) atoms. The van der Waals surface area contributed by atoms with Crippen LogP contribution in [0.5, 0.6) is 46.0 Å². The summed E-state index contributed by atoms with van der Waals surface area (Å²) in [5.74, 6) is -5.18. The quantitative estimate of drug-likeness (QED) is 0.0171. The molecule has 2 heterocycles. The van der Waals surface area contributed by atoms with Crippen LogP contribution in [0.1, 0.15) is 139 Å². The average molecular weight is 1620 g/mol. The van der Waals surface area contributed by atoms with Crippen molar-refractivity contribution >= 4 is 78.3 Å². The lowest BCUT2D eigenvalue weighted by Gasteiger charge is -2.19. The van der Waals surface area contributed by atoms with Crippen molar-refractivity contribution in [3.63, 3.8) is 0 Å². The van der Waals surface area contributed by atoms with Crippen molar-refractivity contribution in [2.45, 2.75) is 116 Å². The number of carbonyl (C=O) groups excluding carboxylic acids is 3. The second-order valence-corrected chi connectivity index (χ2v) is 33.6. The van der Waals surface area contributed by atoms with Crippen LogP contribution in [0, 0.1) is 0 Å². The van der Waals surface area contributed by atoms with Gasteiger partial charge in [0.15, 0.2) is 28.8 Å². The Morgan fingerprint density at radius 1 is 0.425 bits per heavy atom. The average Bonchev–Trinajstić information content (AvgIpc) is 1.01. The highest BCUT2D eigenvalue weighted by atomic mass is 32.2. The summed E-state index contributed by atoms with van der Waals surface area (Å²) >= 11 is 0. The van der Waals surface area contributed by atoms with Gasteiger partial charge in [-0.25, -0.2) is 0 Å². The molecule has 0 spiro atoms. The molecule has 598 valence electrons. The normalized spacial score (nSPS) is 12.8. The first-order valence-corrected chi connectivity index (χ1v) is 43.4. The van der Waals surface area contributed by atoms with Gasteiger partial charge in [-0.3, -0.25) is 51.4 Å². The summed E-state index contributed by atoms with van der Waals surface area (Å²) in [5, 5.41) is 19.1. The van der Waals surface area contributed by atoms with Crippen molar-refractivity contribution in [3.8, 4) is 46.0 Å². The molecule has 2 amide bonds. The molecule has 3 aromatic carbocycles. The first-order valence-electron chi connectivity index (χ1n) is 33.8. The maximum Gasteiger partial charge on any atom is 0.264 e. The number of unbranched alkanes of at least 4 members (excludes halogenated alkanes) is 2. The Bertz CT molecular complexity index is 4140. The Balaban J connectivity index is 1.10. The summed E-state index contributed by atoms with van der Waals surface area (Å²) in [6.07, 6.45) is 8.57. The van der Waals surface area contributed by atoms with Crippen molar-refractivity contribution in [1.29, 1.82) is 0 Å². The molecule has 0 radical (unpaired) electrons. The zero-order valence-electron chi connectivity index (χ0n) is 58.7. The molecular weight excluding hydrogens is 1530 g/mol. The minimum Gasteiger partial charge on any atom is -0.493 e. The highest BCUT2D eigenvalue weighted by molar-refractivity contribution is 7.86. The van der Waals surface area contributed by atoms with Gasteiger partial charge in [0.05, 0.1) is 93.1 Å². The predicted octanol–water partition coefficient (Wildman–Crippen LogP) is 3.33. The third kappa shape index (κ3) is 37.4. The number of rotatable bonds is 57. The van der Waals surface area contributed by atoms with Crippen LogP contribution >= 0.6 is 0 Å². The minimum absolute atomic E-state index is 0.0196. The van der Waals surface area contributed by atoms with E-state index in [1.165, 1.54) is 31.2 Å². The first kappa shape index (κ1) is 89.2. The van der Waals surface area contributed by atoms with Crippen LogP contribution in [-0.4, -0.2) is 236 Å². The molecule has 0 saturated heterocycles. The van der Waals surface area contributed by atoms with Crippen LogP contribution in [0.4, 0.5) is 0 Å². The third-order valence-electron chi connectivity index (χ3n) is 14.9. The molecule has 0 unspecified atom stereocenters. The number of allylic oxidation sites excluding steroid dienone is 1. The van der Waals surface area contributed by atoms with Gasteiger partial charge in [-0.05, 0) is 160 Å². The standard InChI is InChI=1S/C62H95N9O29S6/c1-46(72)47-38-53(93-24-5-3-16-50-44-70(68-66-50)22-8-20-64-61(73)48-40-55(95-26-10-32-101(75,76)77)59(99-30-14-36-105(87,88)89)56(41-48)96-27-11-33-102(78,79)80)52(18-7-19-63-2)54(39-47)94-25-6-4-17-51-45-71(69-67-51)23-9-21-65-62(74)49-42-57(97-28-12-34-103(81,82)83)60(100-31-15-37-106(90,91)92)58(43-49)98-29-13-35-104(84,85)86/h38-45,63,66,68H,3-37H2,1-2H3,(H,64,73)(H,65,74)(H,75,76,77)(H,78,79,80)(H,81,82,83)(H,84,85,86)(H,87,88,89)(H,90,91,92). The Kier molecular flexibility index (Phi) is 37.1. The summed E-state index contributed by atoms with van der Waals surface area (Å²) in [5.41, 5.74) is 9.01. The lowest BCUT2D eigenvalue weighted by molar-refractivity contribution is 0.0943. The van der Waals surface area contributed by atoms with Gasteiger partial charge in [0, 0.05) is 66.5 Å². The number of hydrazine groups is 2. The van der Waals surface area contributed by atoms with Crippen LogP contribution in [0.3, 0.4) is 0 Å². The Morgan fingerprint density at radius 2 is 0.783 bits per heavy atom. The summed E-state index contributed by atoms with van der Waals surface area (Å²) in [7, 11) is -24.3. The molecule has 0 atom stereocenters. The van der Waals surface area contributed by atoms with E-state index in [0.717, 1.165) is 24.1 Å². The SMILES string of the molecule is CNCCCc1c(OCCCCC2=CN(CCCNC(=O)c3cc(OCCCS(=O)(=O)O)c(OCCCS(=O)(=O)O)c(OCCCS(=O)(=O)O)c3)NN2)cc(C(C)=O)cc1OCCCCc1cn(CCCNC(=O)c2cc(OCCCS(=O)(=O)O)c(OCCCS(=O)(=O)O)c(OCCCS(=O)(=O)O)c2)nn1. The molecule has 0 fully saturated rings. The molecule has 0 saturated carbocycles. The lowest BCUT2D eigenvalue weighted by atomic mass is 10.0. The third-order valence-corrected chi connectivity index (χ3v) is 19.8. The van der Waals surface area contributed by atoms with E-state index in [1.54, 1.807) is 28.0 Å². The number of benzene rings is 3. The summed E-state index contributed by atoms with van der Waals surface area (Å²) in [4.78, 5) is 39.9. The largest absolute Gasteiger partial charge is 0.493 e. The maximum atomic E-state index is 13.6. The minimum atomic E-state index is -4.36. The van der Waals surface area contributed by atoms with E-state index in [-0.39, 0.29) is 143 Å². The fraction of sp³-hybridized carbons (Fsp3) is 0.597. The fourth-order valence-electron chi connectivity index (χ4n) is 9.92. The lowest BCUT2D eigenvalue weighted by Crippen LogP contribution is -2.38. The number of hydrogen-bond donors (Lipinski definition) is 11. The first-order chi connectivity index (χ1) is 49.9. The van der Waals surface area contributed by atoms with E-state index in [2.05, 4.69) is 37.2 Å². The van der Waals surface area contributed by atoms with Crippen LogP contribution in [0.15, 0.2) is 54.5 Å². The second-order valence-electron chi connectivity index (χ2n) is 24.1. The van der Waals surface area contributed by atoms with Gasteiger partial charge in [0.2, 0.25) is 11.5 Å². The highest BCUT2D eigenvalue weighted by Crippen LogP contribution is 2.41. The Hall–Kier alpha value is -7.47. The number of nitrogens with zero attached hydrogens (tertiary/aromatic N) is 4. The van der Waals surface area contributed by atoms with Gasteiger partial charge in [-0.1, -0.05) is 5.21 Å². The smallest absolute Gasteiger partial charge is 0.264 e. The van der Waals surface area contributed by atoms with Gasteiger partial charge in [0.25, 0.3) is 72.5 Å².